The lowest BCUT2D eigenvalue weighted by Gasteiger charge is -2.45. The van der Waals surface area contributed by atoms with Gasteiger partial charge in [0.15, 0.2) is 12.2 Å². The average molecular weight is 430 g/mol. The van der Waals surface area contributed by atoms with E-state index in [-0.39, 0.29) is 5.92 Å². The number of carboxylic acids is 1. The minimum absolute atomic E-state index is 0.0720. The molecule has 1 saturated heterocycles. The number of ether oxygens (including phenoxy) is 1. The average Bonchev–Trinajstić information content (AvgIpc) is 2.75. The van der Waals surface area contributed by atoms with E-state index in [0.717, 1.165) is 23.2 Å². The molecule has 9 nitrogen and oxygen atoms in total. The fourth-order valence-electron chi connectivity index (χ4n) is 4.36. The molecule has 0 bridgehead atoms. The molecule has 166 valence electrons. The summed E-state index contributed by atoms with van der Waals surface area (Å²) in [4.78, 5) is 13.5. The number of rotatable bonds is 4. The number of hydrogen-bond acceptors (Lipinski definition) is 8. The van der Waals surface area contributed by atoms with Crippen LogP contribution in [0.15, 0.2) is 48.5 Å². The maximum Gasteiger partial charge on any atom is 0.335 e. The van der Waals surface area contributed by atoms with Crippen LogP contribution in [-0.4, -0.2) is 80.3 Å². The summed E-state index contributed by atoms with van der Waals surface area (Å²) in [5.74, 6) is -4.12. The quantitative estimate of drug-likeness (QED) is 0.366. The van der Waals surface area contributed by atoms with Gasteiger partial charge in [0, 0.05) is 24.7 Å². The van der Waals surface area contributed by atoms with Crippen molar-refractivity contribution in [2.75, 3.05) is 18.9 Å². The molecule has 2 heterocycles. The summed E-state index contributed by atoms with van der Waals surface area (Å²) in [6.45, 7) is 1.33. The third-order valence-electron chi connectivity index (χ3n) is 5.96. The van der Waals surface area contributed by atoms with Gasteiger partial charge in [0.1, 0.15) is 12.2 Å². The lowest BCUT2D eigenvalue weighted by molar-refractivity contribution is -0.328. The van der Waals surface area contributed by atoms with E-state index in [4.69, 9.17) is 4.74 Å². The Morgan fingerprint density at radius 3 is 2.48 bits per heavy atom. The number of aliphatic hydroxyl groups excluding tert-OH is 3. The van der Waals surface area contributed by atoms with Gasteiger partial charge < -0.3 is 40.5 Å². The molecule has 0 spiro atoms. The summed E-state index contributed by atoms with van der Waals surface area (Å²) in [6.07, 6.45) is -7.73. The highest BCUT2D eigenvalue weighted by atomic mass is 16.7. The Labute approximate surface area is 179 Å². The first-order valence-electron chi connectivity index (χ1n) is 10.0. The van der Waals surface area contributed by atoms with Crippen molar-refractivity contribution in [1.82, 2.24) is 4.90 Å². The molecule has 31 heavy (non-hydrogen) atoms. The number of nitrogens with one attached hydrogen (secondary N) is 1. The Bertz CT molecular complexity index is 956. The number of carbonyl (C=O) groups is 1. The minimum Gasteiger partial charge on any atom is -0.479 e. The molecule has 0 radical (unpaired) electrons. The summed E-state index contributed by atoms with van der Waals surface area (Å²) >= 11 is 0. The van der Waals surface area contributed by atoms with Crippen molar-refractivity contribution in [2.24, 2.45) is 0 Å². The molecule has 0 aromatic heterocycles. The van der Waals surface area contributed by atoms with Crippen molar-refractivity contribution in [2.45, 2.75) is 42.8 Å². The van der Waals surface area contributed by atoms with E-state index in [1.165, 1.54) is 0 Å². The number of carboxylic acid groups (broad SMARTS) is 1. The van der Waals surface area contributed by atoms with Crippen molar-refractivity contribution in [3.05, 3.63) is 65.2 Å². The molecule has 2 aromatic carbocycles. The standard InChI is InChI=1S/C22H26N2O7/c1-24-10-14(12-6-3-2-4-7-12)13-8-5-9-16(15(13)11-24)23-22(30)20(27)18(26)17(25)19(31-22)21(28)29/h2-9,14,17-20,23,25-27,30H,10-11H2,1H3,(H,28,29)/t14?,17-,18-,19-,20+,22?/m0/s1. The SMILES string of the molecule is CN1Cc2c(NC3(O)O[C@H](C(=O)O)[C@@H](O)[C@H](O)[C@H]3O)cccc2C(c2ccccc2)C1. The first-order valence-corrected chi connectivity index (χ1v) is 10.0. The van der Waals surface area contributed by atoms with Crippen LogP contribution in [0, 0.1) is 0 Å². The highest BCUT2D eigenvalue weighted by molar-refractivity contribution is 5.73. The van der Waals surface area contributed by atoms with Gasteiger partial charge in [-0.25, -0.2) is 4.79 Å². The number of likely N-dealkylation sites (N-methyl/N-ethyl adjacent to an activating group) is 1. The van der Waals surface area contributed by atoms with Gasteiger partial charge in [-0.05, 0) is 29.8 Å². The Kier molecular flexibility index (Phi) is 5.73. The Morgan fingerprint density at radius 2 is 1.81 bits per heavy atom. The van der Waals surface area contributed by atoms with Crippen LogP contribution in [0.5, 0.6) is 0 Å². The molecule has 0 amide bonds. The monoisotopic (exact) mass is 430 g/mol. The number of fused-ring (bicyclic) bond motifs is 1. The highest BCUT2D eigenvalue weighted by Gasteiger charge is 2.55. The van der Waals surface area contributed by atoms with Crippen LogP contribution in [0.2, 0.25) is 0 Å². The fourth-order valence-corrected chi connectivity index (χ4v) is 4.36. The van der Waals surface area contributed by atoms with Gasteiger partial charge in [0.2, 0.25) is 0 Å². The Balaban J connectivity index is 1.71. The maximum atomic E-state index is 11.4. The van der Waals surface area contributed by atoms with Crippen molar-refractivity contribution in [3.63, 3.8) is 0 Å². The summed E-state index contributed by atoms with van der Waals surface area (Å²) in [6, 6.07) is 15.5. The molecule has 0 aliphatic carbocycles. The lowest BCUT2D eigenvalue weighted by atomic mass is 9.84. The molecule has 4 rings (SSSR count). The first kappa shape index (κ1) is 21.7. The van der Waals surface area contributed by atoms with E-state index in [1.807, 2.05) is 43.4 Å². The van der Waals surface area contributed by atoms with Gasteiger partial charge >= 0.3 is 5.97 Å². The highest BCUT2D eigenvalue weighted by Crippen LogP contribution is 2.38. The topological polar surface area (TPSA) is 143 Å². The molecule has 2 unspecified atom stereocenters. The number of hydrogen-bond donors (Lipinski definition) is 6. The largest absolute Gasteiger partial charge is 0.479 e. The summed E-state index contributed by atoms with van der Waals surface area (Å²) in [7, 11) is 1.97. The fraction of sp³-hybridized carbons (Fsp3) is 0.409. The third-order valence-corrected chi connectivity index (χ3v) is 5.96. The van der Waals surface area contributed by atoms with Crippen molar-refractivity contribution < 1.29 is 35.1 Å². The summed E-state index contributed by atoms with van der Waals surface area (Å²) in [5.41, 5.74) is 3.43. The number of aliphatic carboxylic acids is 1. The molecule has 6 atom stereocenters. The van der Waals surface area contributed by atoms with Crippen LogP contribution >= 0.6 is 0 Å². The molecule has 9 heteroatoms. The Hall–Kier alpha value is -2.53. The molecule has 6 N–H and O–H groups in total. The smallest absolute Gasteiger partial charge is 0.335 e. The van der Waals surface area contributed by atoms with Crippen molar-refractivity contribution in [3.8, 4) is 0 Å². The zero-order valence-electron chi connectivity index (χ0n) is 16.9. The molecular formula is C22H26N2O7. The molecule has 1 fully saturated rings. The van der Waals surface area contributed by atoms with Crippen LogP contribution < -0.4 is 5.32 Å². The minimum atomic E-state index is -2.62. The number of anilines is 1. The Morgan fingerprint density at radius 1 is 1.10 bits per heavy atom. The van der Waals surface area contributed by atoms with Gasteiger partial charge in [0.25, 0.3) is 5.91 Å². The van der Waals surface area contributed by atoms with Crippen LogP contribution in [-0.2, 0) is 16.1 Å². The third kappa shape index (κ3) is 3.91. The predicted molar refractivity (Wildman–Crippen MR) is 110 cm³/mol. The van der Waals surface area contributed by atoms with Crippen molar-refractivity contribution >= 4 is 11.7 Å². The van der Waals surface area contributed by atoms with Crippen LogP contribution in [0.1, 0.15) is 22.6 Å². The summed E-state index contributed by atoms with van der Waals surface area (Å²) in [5, 5.41) is 53.2. The normalized spacial score (nSPS) is 33.5. The molecule has 2 aliphatic heterocycles. The van der Waals surface area contributed by atoms with E-state index in [2.05, 4.69) is 10.2 Å². The van der Waals surface area contributed by atoms with Gasteiger partial charge in [-0.2, -0.15) is 0 Å². The van der Waals surface area contributed by atoms with E-state index in [9.17, 15) is 30.3 Å². The second-order valence-electron chi connectivity index (χ2n) is 8.16. The molecule has 2 aromatic rings. The zero-order chi connectivity index (χ0) is 22.3. The van der Waals surface area contributed by atoms with Crippen LogP contribution in [0.4, 0.5) is 5.69 Å². The number of nitrogens with zero attached hydrogens (tertiary/aromatic N) is 1. The predicted octanol–water partition coefficient (Wildman–Crippen LogP) is -0.112. The second-order valence-corrected chi connectivity index (χ2v) is 8.16. The zero-order valence-corrected chi connectivity index (χ0v) is 16.9. The van der Waals surface area contributed by atoms with Gasteiger partial charge in [-0.3, -0.25) is 0 Å². The van der Waals surface area contributed by atoms with E-state index < -0.39 is 36.3 Å². The molecule has 0 saturated carbocycles. The number of aliphatic hydroxyl groups is 4. The molecular weight excluding hydrogens is 404 g/mol. The van der Waals surface area contributed by atoms with Crippen LogP contribution in [0.25, 0.3) is 0 Å². The first-order chi connectivity index (χ1) is 14.7. The second kappa shape index (κ2) is 8.19. The van der Waals surface area contributed by atoms with Gasteiger partial charge in [0.05, 0.1) is 0 Å². The van der Waals surface area contributed by atoms with E-state index in [0.29, 0.717) is 12.2 Å². The van der Waals surface area contributed by atoms with E-state index >= 15 is 0 Å². The maximum absolute atomic E-state index is 11.4. The number of benzene rings is 2. The van der Waals surface area contributed by atoms with Gasteiger partial charge in [-0.1, -0.05) is 42.5 Å². The van der Waals surface area contributed by atoms with Crippen molar-refractivity contribution in [1.29, 1.82) is 0 Å². The van der Waals surface area contributed by atoms with Gasteiger partial charge in [-0.15, -0.1) is 0 Å². The van der Waals surface area contributed by atoms with Crippen LogP contribution in [0.3, 0.4) is 0 Å². The van der Waals surface area contributed by atoms with E-state index in [1.54, 1.807) is 12.1 Å². The summed E-state index contributed by atoms with van der Waals surface area (Å²) < 4.78 is 5.13. The lowest BCUT2D eigenvalue weighted by Crippen LogP contribution is -2.69. The molecule has 2 aliphatic rings.